The van der Waals surface area contributed by atoms with Gasteiger partial charge in [-0.25, -0.2) is 4.39 Å². The van der Waals surface area contributed by atoms with Gasteiger partial charge in [-0.1, -0.05) is 29.8 Å². The van der Waals surface area contributed by atoms with E-state index in [1.54, 1.807) is 0 Å². The second-order valence-corrected chi connectivity index (χ2v) is 4.58. The van der Waals surface area contributed by atoms with Gasteiger partial charge in [-0.3, -0.25) is 4.79 Å². The van der Waals surface area contributed by atoms with Crippen LogP contribution in [0.25, 0.3) is 0 Å². The lowest BCUT2D eigenvalue weighted by Crippen LogP contribution is -2.10. The summed E-state index contributed by atoms with van der Waals surface area (Å²) < 4.78 is 42.5. The number of alkyl halides is 2. The zero-order valence-electron chi connectivity index (χ0n) is 10.7. The molecule has 0 unspecified atom stereocenters. The number of benzene rings is 2. The van der Waals surface area contributed by atoms with Gasteiger partial charge in [-0.05, 0) is 24.3 Å². The van der Waals surface area contributed by atoms with Gasteiger partial charge in [-0.15, -0.1) is 0 Å². The third kappa shape index (κ3) is 3.76. The number of ketones is 1. The van der Waals surface area contributed by atoms with Gasteiger partial charge < -0.3 is 4.74 Å². The summed E-state index contributed by atoms with van der Waals surface area (Å²) in [4.78, 5) is 12.2. The summed E-state index contributed by atoms with van der Waals surface area (Å²) in [5.74, 6) is -1.42. The van der Waals surface area contributed by atoms with Crippen molar-refractivity contribution in [2.45, 2.75) is 13.0 Å². The number of carbonyl (C=O) groups is 1. The molecule has 0 radical (unpaired) electrons. The molecule has 0 spiro atoms. The van der Waals surface area contributed by atoms with Gasteiger partial charge in [0.15, 0.2) is 5.78 Å². The molecule has 0 amide bonds. The van der Waals surface area contributed by atoms with E-state index in [1.165, 1.54) is 42.5 Å². The Morgan fingerprint density at radius 3 is 2.52 bits per heavy atom. The van der Waals surface area contributed by atoms with E-state index in [-0.39, 0.29) is 28.3 Å². The Hall–Kier alpha value is -2.01. The third-order valence-corrected chi connectivity index (χ3v) is 3.16. The minimum absolute atomic E-state index is 0.0241. The van der Waals surface area contributed by atoms with Crippen LogP contribution < -0.4 is 4.74 Å². The Morgan fingerprint density at radius 1 is 1.14 bits per heavy atom. The van der Waals surface area contributed by atoms with Crippen molar-refractivity contribution in [3.8, 4) is 5.75 Å². The molecule has 0 heterocycles. The van der Waals surface area contributed by atoms with Gasteiger partial charge in [0, 0.05) is 17.0 Å². The van der Waals surface area contributed by atoms with Crippen molar-refractivity contribution in [1.82, 2.24) is 0 Å². The second kappa shape index (κ2) is 6.63. The number of halogens is 4. The average molecular weight is 315 g/mol. The van der Waals surface area contributed by atoms with Crippen molar-refractivity contribution in [3.05, 3.63) is 64.4 Å². The molecule has 6 heteroatoms. The molecular formula is C15H10ClF3O2. The fourth-order valence-corrected chi connectivity index (χ4v) is 2.08. The largest absolute Gasteiger partial charge is 0.434 e. The van der Waals surface area contributed by atoms with Gasteiger partial charge in [0.05, 0.1) is 5.56 Å². The van der Waals surface area contributed by atoms with Crippen molar-refractivity contribution in [3.63, 3.8) is 0 Å². The molecule has 2 rings (SSSR count). The molecule has 0 aliphatic rings. The number of carbonyl (C=O) groups excluding carboxylic acids is 1. The van der Waals surface area contributed by atoms with Gasteiger partial charge in [0.1, 0.15) is 11.6 Å². The van der Waals surface area contributed by atoms with E-state index in [0.29, 0.717) is 0 Å². The van der Waals surface area contributed by atoms with Crippen LogP contribution in [0.3, 0.4) is 0 Å². The summed E-state index contributed by atoms with van der Waals surface area (Å²) in [7, 11) is 0. The minimum atomic E-state index is -3.05. The molecule has 0 aliphatic heterocycles. The van der Waals surface area contributed by atoms with Crippen LogP contribution in [0.2, 0.25) is 5.02 Å². The highest BCUT2D eigenvalue weighted by molar-refractivity contribution is 6.31. The number of Topliss-reactive ketones (excluding diaryl/α,β-unsaturated/α-hetero) is 1. The summed E-state index contributed by atoms with van der Waals surface area (Å²) in [5.41, 5.74) is -0.0202. The van der Waals surface area contributed by atoms with E-state index >= 15 is 0 Å². The Kier molecular flexibility index (Phi) is 4.85. The molecule has 21 heavy (non-hydrogen) atoms. The lowest BCUT2D eigenvalue weighted by atomic mass is 10.0. The molecule has 110 valence electrons. The molecule has 0 aromatic heterocycles. The van der Waals surface area contributed by atoms with Gasteiger partial charge in [-0.2, -0.15) is 8.78 Å². The number of hydrogen-bond donors (Lipinski definition) is 0. The van der Waals surface area contributed by atoms with E-state index in [2.05, 4.69) is 4.74 Å². The van der Waals surface area contributed by atoms with Crippen molar-refractivity contribution in [1.29, 1.82) is 0 Å². The van der Waals surface area contributed by atoms with E-state index < -0.39 is 18.2 Å². The first-order chi connectivity index (χ1) is 9.99. The molecule has 0 saturated carbocycles. The monoisotopic (exact) mass is 314 g/mol. The zero-order valence-corrected chi connectivity index (χ0v) is 11.4. The number of hydrogen-bond acceptors (Lipinski definition) is 2. The Bertz CT molecular complexity index is 639. The van der Waals surface area contributed by atoms with Crippen LogP contribution in [0.4, 0.5) is 13.2 Å². The van der Waals surface area contributed by atoms with Crippen molar-refractivity contribution in [2.24, 2.45) is 0 Å². The Labute approximate surface area is 124 Å². The van der Waals surface area contributed by atoms with Crippen LogP contribution >= 0.6 is 11.6 Å². The maximum atomic E-state index is 13.6. The summed E-state index contributed by atoms with van der Waals surface area (Å²) in [5, 5.41) is 0.107. The molecule has 2 aromatic carbocycles. The quantitative estimate of drug-likeness (QED) is 0.759. The van der Waals surface area contributed by atoms with Gasteiger partial charge >= 0.3 is 6.61 Å². The average Bonchev–Trinajstić information content (AvgIpc) is 2.43. The fourth-order valence-electron chi connectivity index (χ4n) is 1.85. The first-order valence-corrected chi connectivity index (χ1v) is 6.36. The highest BCUT2D eigenvalue weighted by Gasteiger charge is 2.18. The van der Waals surface area contributed by atoms with Crippen molar-refractivity contribution >= 4 is 17.4 Å². The molecule has 2 aromatic rings. The molecular weight excluding hydrogens is 305 g/mol. The normalized spacial score (nSPS) is 10.7. The minimum Gasteiger partial charge on any atom is -0.434 e. The maximum Gasteiger partial charge on any atom is 0.387 e. The Balaban J connectivity index is 2.29. The highest BCUT2D eigenvalue weighted by atomic mass is 35.5. The van der Waals surface area contributed by atoms with Crippen molar-refractivity contribution < 1.29 is 22.7 Å². The van der Waals surface area contributed by atoms with E-state index in [4.69, 9.17) is 11.6 Å². The molecule has 0 N–H and O–H groups in total. The second-order valence-electron chi connectivity index (χ2n) is 4.17. The number of ether oxygens (including phenoxy) is 1. The SMILES string of the molecule is O=C(Cc1c(F)cccc1Cl)c1ccccc1OC(F)F. The maximum absolute atomic E-state index is 13.6. The van der Waals surface area contributed by atoms with E-state index in [9.17, 15) is 18.0 Å². The molecule has 0 aliphatic carbocycles. The highest BCUT2D eigenvalue weighted by Crippen LogP contribution is 2.25. The fraction of sp³-hybridized carbons (Fsp3) is 0.133. The van der Waals surface area contributed by atoms with Crippen LogP contribution in [0, 0.1) is 5.82 Å². The number of para-hydroxylation sites is 1. The molecule has 0 bridgehead atoms. The summed E-state index contributed by atoms with van der Waals surface area (Å²) in [6.07, 6.45) is -0.338. The van der Waals surface area contributed by atoms with E-state index in [1.807, 2.05) is 0 Å². The predicted octanol–water partition coefficient (Wildman–Crippen LogP) is 4.51. The van der Waals surface area contributed by atoms with Crippen LogP contribution in [-0.2, 0) is 6.42 Å². The smallest absolute Gasteiger partial charge is 0.387 e. The summed E-state index contributed by atoms with van der Waals surface area (Å²) in [6, 6.07) is 9.61. The standard InChI is InChI=1S/C15H10ClF3O2/c16-11-5-3-6-12(17)10(11)8-13(20)9-4-1-2-7-14(9)21-15(18)19/h1-7,15H,8H2. The molecule has 0 fully saturated rings. The van der Waals surface area contributed by atoms with Crippen LogP contribution in [-0.4, -0.2) is 12.4 Å². The first-order valence-electron chi connectivity index (χ1n) is 5.99. The van der Waals surface area contributed by atoms with E-state index in [0.717, 1.165) is 0 Å². The first kappa shape index (κ1) is 15.4. The van der Waals surface area contributed by atoms with Crippen LogP contribution in [0.5, 0.6) is 5.75 Å². The van der Waals surface area contributed by atoms with Crippen LogP contribution in [0.1, 0.15) is 15.9 Å². The summed E-state index contributed by atoms with van der Waals surface area (Å²) in [6.45, 7) is -3.05. The topological polar surface area (TPSA) is 26.3 Å². The Morgan fingerprint density at radius 2 is 1.86 bits per heavy atom. The molecule has 0 saturated heterocycles. The lowest BCUT2D eigenvalue weighted by molar-refractivity contribution is -0.0501. The summed E-state index contributed by atoms with van der Waals surface area (Å²) >= 11 is 5.84. The predicted molar refractivity (Wildman–Crippen MR) is 72.5 cm³/mol. The van der Waals surface area contributed by atoms with Crippen molar-refractivity contribution in [2.75, 3.05) is 0 Å². The molecule has 2 nitrogen and oxygen atoms in total. The van der Waals surface area contributed by atoms with Gasteiger partial charge in [0.2, 0.25) is 0 Å². The lowest BCUT2D eigenvalue weighted by Gasteiger charge is -2.10. The number of rotatable bonds is 5. The molecule has 0 atom stereocenters. The van der Waals surface area contributed by atoms with Gasteiger partial charge in [0.25, 0.3) is 0 Å². The zero-order chi connectivity index (χ0) is 15.4. The van der Waals surface area contributed by atoms with Crippen LogP contribution in [0.15, 0.2) is 42.5 Å². The third-order valence-electron chi connectivity index (χ3n) is 2.80.